The first-order valence-corrected chi connectivity index (χ1v) is 17.6. The summed E-state index contributed by atoms with van der Waals surface area (Å²) in [6.07, 6.45) is 0. The molecular weight excluding hydrogens is 605 g/mol. The number of para-hydroxylation sites is 4. The molecule has 0 atom stereocenters. The number of nitrogens with one attached hydrogen (secondary N) is 2. The first-order valence-electron chi connectivity index (χ1n) is 13.3. The van der Waals surface area contributed by atoms with Crippen molar-refractivity contribution in [3.63, 3.8) is 0 Å². The number of piperazine rings is 1. The maximum absolute atomic E-state index is 13.1. The minimum Gasteiger partial charge on any atom is -0.398 e. The highest BCUT2D eigenvalue weighted by molar-refractivity contribution is 8.77. The molecule has 5 rings (SSSR count). The molecule has 2 amide bonds. The average Bonchev–Trinajstić information content (AvgIpc) is 3.02. The molecule has 12 heteroatoms. The molecule has 0 unspecified atom stereocenters. The van der Waals surface area contributed by atoms with Crippen LogP contribution in [0.2, 0.25) is 0 Å². The Bertz CT molecular complexity index is 1490. The van der Waals surface area contributed by atoms with Gasteiger partial charge in [0.1, 0.15) is 6.73 Å². The summed E-state index contributed by atoms with van der Waals surface area (Å²) in [5, 5.41) is 3.09. The Balaban J connectivity index is 1.06. The Morgan fingerprint density at radius 1 is 0.643 bits per heavy atom. The van der Waals surface area contributed by atoms with Crippen molar-refractivity contribution in [3.8, 4) is 0 Å². The van der Waals surface area contributed by atoms with E-state index in [0.29, 0.717) is 32.9 Å². The Kier molecular flexibility index (Phi) is 11.1. The number of urea groups is 1. The van der Waals surface area contributed by atoms with Gasteiger partial charge in [-0.05, 0) is 48.5 Å². The van der Waals surface area contributed by atoms with E-state index in [9.17, 15) is 4.79 Å². The van der Waals surface area contributed by atoms with Gasteiger partial charge >= 0.3 is 6.03 Å². The number of nitrogens with zero attached hydrogens (tertiary/aromatic N) is 2. The summed E-state index contributed by atoms with van der Waals surface area (Å²) >= 11 is 0. The van der Waals surface area contributed by atoms with Crippen LogP contribution in [0.1, 0.15) is 0 Å². The lowest BCUT2D eigenvalue weighted by Crippen LogP contribution is -2.50. The van der Waals surface area contributed by atoms with Gasteiger partial charge in [0, 0.05) is 57.1 Å². The molecule has 0 spiro atoms. The van der Waals surface area contributed by atoms with Crippen LogP contribution in [0.25, 0.3) is 0 Å². The Morgan fingerprint density at radius 2 is 1.10 bits per heavy atom. The maximum atomic E-state index is 13.1. The van der Waals surface area contributed by atoms with E-state index in [1.54, 1.807) is 43.2 Å². The zero-order valence-corrected chi connectivity index (χ0v) is 26.0. The third kappa shape index (κ3) is 8.46. The largest absolute Gasteiger partial charge is 0.398 e. The molecule has 0 aliphatic carbocycles. The van der Waals surface area contributed by atoms with E-state index in [1.807, 2.05) is 102 Å². The topological polar surface area (TPSA) is 109 Å². The second-order valence-electron chi connectivity index (χ2n) is 9.31. The van der Waals surface area contributed by atoms with Gasteiger partial charge in [0.2, 0.25) is 0 Å². The van der Waals surface area contributed by atoms with Crippen molar-refractivity contribution < 1.29 is 9.63 Å². The van der Waals surface area contributed by atoms with Gasteiger partial charge in [-0.25, -0.2) is 4.79 Å². The van der Waals surface area contributed by atoms with Gasteiger partial charge in [0.15, 0.2) is 0 Å². The number of nitrogen functional groups attached to an aromatic ring is 2. The van der Waals surface area contributed by atoms with Crippen LogP contribution in [0, 0.1) is 0 Å². The van der Waals surface area contributed by atoms with Crippen LogP contribution in [0.3, 0.4) is 0 Å². The minimum atomic E-state index is -0.103. The standard InChI is InChI=1S/C30H32N6O2S4/c31-22-9-1-5-13-26(22)39-41-28-15-7-3-11-24(28)33-30(37)36-19-17-35(18-20-36)21-38-34-25-12-4-8-16-29(25)42-40-27-14-6-2-10-23(27)32/h1-16,34H,17-21,31-32H2,(H,33,37). The molecule has 0 saturated carbocycles. The van der Waals surface area contributed by atoms with E-state index in [4.69, 9.17) is 16.3 Å². The minimum absolute atomic E-state index is 0.103. The van der Waals surface area contributed by atoms with Crippen molar-refractivity contribution in [1.82, 2.24) is 9.80 Å². The number of hydrogen-bond acceptors (Lipinski definition) is 10. The van der Waals surface area contributed by atoms with Crippen molar-refractivity contribution in [2.75, 3.05) is 55.2 Å². The summed E-state index contributed by atoms with van der Waals surface area (Å²) in [6, 6.07) is 31.3. The lowest BCUT2D eigenvalue weighted by atomic mass is 10.3. The first kappa shape index (κ1) is 30.3. The number of nitrogens with two attached hydrogens (primary N) is 2. The number of carbonyl (C=O) groups is 1. The van der Waals surface area contributed by atoms with Gasteiger partial charge < -0.3 is 21.7 Å². The van der Waals surface area contributed by atoms with Crippen LogP contribution in [0.4, 0.5) is 27.5 Å². The fourth-order valence-electron chi connectivity index (χ4n) is 4.03. The molecule has 0 bridgehead atoms. The molecule has 1 saturated heterocycles. The monoisotopic (exact) mass is 636 g/mol. The first-order chi connectivity index (χ1) is 20.6. The predicted molar refractivity (Wildman–Crippen MR) is 180 cm³/mol. The van der Waals surface area contributed by atoms with Gasteiger partial charge in [-0.1, -0.05) is 91.7 Å². The van der Waals surface area contributed by atoms with E-state index < -0.39 is 0 Å². The summed E-state index contributed by atoms with van der Waals surface area (Å²) in [4.78, 5) is 27.0. The van der Waals surface area contributed by atoms with Crippen molar-refractivity contribution in [2.24, 2.45) is 0 Å². The van der Waals surface area contributed by atoms with Gasteiger partial charge in [0.25, 0.3) is 0 Å². The zero-order chi connectivity index (χ0) is 29.1. The third-order valence-corrected chi connectivity index (χ3v) is 11.4. The molecule has 4 aromatic carbocycles. The van der Waals surface area contributed by atoms with Crippen LogP contribution in [-0.2, 0) is 4.84 Å². The number of amides is 2. The van der Waals surface area contributed by atoms with Crippen molar-refractivity contribution in [2.45, 2.75) is 19.6 Å². The quantitative estimate of drug-likeness (QED) is 0.0747. The third-order valence-electron chi connectivity index (χ3n) is 6.38. The molecule has 1 aliphatic heterocycles. The lowest BCUT2D eigenvalue weighted by molar-refractivity contribution is 0.0345. The Labute approximate surface area is 262 Å². The molecule has 1 heterocycles. The summed E-state index contributed by atoms with van der Waals surface area (Å²) in [5.41, 5.74) is 18.4. The number of rotatable bonds is 11. The van der Waals surface area contributed by atoms with Crippen LogP contribution in [0.5, 0.6) is 0 Å². The zero-order valence-electron chi connectivity index (χ0n) is 22.8. The van der Waals surface area contributed by atoms with Crippen LogP contribution < -0.4 is 22.3 Å². The van der Waals surface area contributed by atoms with Gasteiger partial charge in [-0.2, -0.15) is 0 Å². The molecule has 8 nitrogen and oxygen atoms in total. The fraction of sp³-hybridized carbons (Fsp3) is 0.167. The SMILES string of the molecule is Nc1ccccc1SSc1ccccc1NOCN1CCN(C(=O)Nc2ccccc2SSc2ccccc2N)CC1. The van der Waals surface area contributed by atoms with Crippen LogP contribution in [-0.4, -0.2) is 48.7 Å². The van der Waals surface area contributed by atoms with Crippen molar-refractivity contribution in [3.05, 3.63) is 97.1 Å². The Morgan fingerprint density at radius 3 is 1.67 bits per heavy atom. The smallest absolute Gasteiger partial charge is 0.321 e. The van der Waals surface area contributed by atoms with E-state index in [2.05, 4.69) is 15.7 Å². The highest BCUT2D eigenvalue weighted by Crippen LogP contribution is 2.43. The van der Waals surface area contributed by atoms with Crippen molar-refractivity contribution >= 4 is 72.0 Å². The summed E-state index contributed by atoms with van der Waals surface area (Å²) < 4.78 is 0. The van der Waals surface area contributed by atoms with E-state index >= 15 is 0 Å². The van der Waals surface area contributed by atoms with E-state index in [1.165, 1.54) is 0 Å². The predicted octanol–water partition coefficient (Wildman–Crippen LogP) is 7.60. The molecule has 0 radical (unpaired) electrons. The molecular formula is C30H32N6O2S4. The molecule has 0 aromatic heterocycles. The molecule has 42 heavy (non-hydrogen) atoms. The Hall–Kier alpha value is -3.13. The highest BCUT2D eigenvalue weighted by atomic mass is 33.1. The number of anilines is 4. The second-order valence-corrected chi connectivity index (χ2v) is 13.7. The molecule has 1 fully saturated rings. The van der Waals surface area contributed by atoms with E-state index in [-0.39, 0.29) is 6.03 Å². The molecule has 1 aliphatic rings. The molecule has 4 aromatic rings. The van der Waals surface area contributed by atoms with Gasteiger partial charge in [-0.15, -0.1) is 0 Å². The summed E-state index contributed by atoms with van der Waals surface area (Å²) in [5.74, 6) is 0. The summed E-state index contributed by atoms with van der Waals surface area (Å²) in [6.45, 7) is 3.07. The lowest BCUT2D eigenvalue weighted by Gasteiger charge is -2.34. The van der Waals surface area contributed by atoms with Gasteiger partial charge in [0.05, 0.1) is 11.4 Å². The normalized spacial score (nSPS) is 13.6. The second kappa shape index (κ2) is 15.4. The van der Waals surface area contributed by atoms with Crippen molar-refractivity contribution in [1.29, 1.82) is 0 Å². The van der Waals surface area contributed by atoms with Crippen LogP contribution in [0.15, 0.2) is 117 Å². The number of hydrogen-bond donors (Lipinski definition) is 4. The maximum Gasteiger partial charge on any atom is 0.321 e. The molecule has 218 valence electrons. The van der Waals surface area contributed by atoms with Crippen LogP contribution >= 0.6 is 43.2 Å². The molecule has 6 N–H and O–H groups in total. The average molecular weight is 637 g/mol. The number of benzene rings is 4. The number of carbonyl (C=O) groups excluding carboxylic acids is 1. The van der Waals surface area contributed by atoms with E-state index in [0.717, 1.165) is 42.3 Å². The van der Waals surface area contributed by atoms with Gasteiger partial charge in [-0.3, -0.25) is 15.2 Å². The summed E-state index contributed by atoms with van der Waals surface area (Å²) in [7, 11) is 6.40. The highest BCUT2D eigenvalue weighted by Gasteiger charge is 2.22. The fourth-order valence-corrected chi connectivity index (χ4v) is 8.53.